The first-order chi connectivity index (χ1) is 13.4. The quantitative estimate of drug-likeness (QED) is 0.639. The SMILES string of the molecule is COc1cc(C(=O)NC(C)CCC2CCCO2)ccc1OCC(=O)NC(C)C. The van der Waals surface area contributed by atoms with E-state index in [4.69, 9.17) is 14.2 Å². The van der Waals surface area contributed by atoms with E-state index in [1.54, 1.807) is 18.2 Å². The molecule has 1 aliphatic heterocycles. The van der Waals surface area contributed by atoms with Gasteiger partial charge in [-0.1, -0.05) is 0 Å². The summed E-state index contributed by atoms with van der Waals surface area (Å²) in [7, 11) is 1.50. The minimum Gasteiger partial charge on any atom is -0.493 e. The molecule has 7 heteroatoms. The highest BCUT2D eigenvalue weighted by molar-refractivity contribution is 5.95. The third kappa shape index (κ3) is 7.03. The van der Waals surface area contributed by atoms with E-state index in [1.165, 1.54) is 7.11 Å². The Morgan fingerprint density at radius 2 is 2.00 bits per heavy atom. The van der Waals surface area contributed by atoms with Gasteiger partial charge in [0.05, 0.1) is 13.2 Å². The predicted octanol–water partition coefficient (Wildman–Crippen LogP) is 2.68. The van der Waals surface area contributed by atoms with Crippen LogP contribution in [-0.2, 0) is 9.53 Å². The van der Waals surface area contributed by atoms with Crippen molar-refractivity contribution in [2.75, 3.05) is 20.3 Å². The van der Waals surface area contributed by atoms with E-state index >= 15 is 0 Å². The van der Waals surface area contributed by atoms with Crippen LogP contribution in [0.2, 0.25) is 0 Å². The second-order valence-electron chi connectivity index (χ2n) is 7.46. The van der Waals surface area contributed by atoms with Gasteiger partial charge in [0.1, 0.15) is 0 Å². The van der Waals surface area contributed by atoms with Gasteiger partial charge >= 0.3 is 0 Å². The molecule has 0 saturated carbocycles. The lowest BCUT2D eigenvalue weighted by atomic mass is 10.1. The molecule has 28 heavy (non-hydrogen) atoms. The molecule has 2 rings (SSSR count). The molecular weight excluding hydrogens is 360 g/mol. The highest BCUT2D eigenvalue weighted by Crippen LogP contribution is 2.28. The summed E-state index contributed by atoms with van der Waals surface area (Å²) < 4.78 is 16.5. The van der Waals surface area contributed by atoms with E-state index in [-0.39, 0.29) is 30.5 Å². The molecule has 0 aromatic heterocycles. The van der Waals surface area contributed by atoms with Gasteiger partial charge in [0, 0.05) is 24.3 Å². The van der Waals surface area contributed by atoms with Crippen LogP contribution in [0.1, 0.15) is 56.8 Å². The fourth-order valence-electron chi connectivity index (χ4n) is 3.12. The molecule has 0 bridgehead atoms. The van der Waals surface area contributed by atoms with Crippen molar-refractivity contribution in [2.24, 2.45) is 0 Å². The number of carbonyl (C=O) groups excluding carboxylic acids is 2. The number of benzene rings is 1. The van der Waals surface area contributed by atoms with Crippen molar-refractivity contribution in [3.63, 3.8) is 0 Å². The smallest absolute Gasteiger partial charge is 0.258 e. The Morgan fingerprint density at radius 3 is 2.64 bits per heavy atom. The number of hydrogen-bond acceptors (Lipinski definition) is 5. The van der Waals surface area contributed by atoms with Gasteiger partial charge in [0.15, 0.2) is 18.1 Å². The maximum absolute atomic E-state index is 12.5. The first-order valence-electron chi connectivity index (χ1n) is 9.91. The lowest BCUT2D eigenvalue weighted by molar-refractivity contribution is -0.123. The standard InChI is InChI=1S/C21H32N2O5/c1-14(2)22-20(24)13-28-18-10-8-16(12-19(18)26-4)21(25)23-15(3)7-9-17-6-5-11-27-17/h8,10,12,14-15,17H,5-7,9,11,13H2,1-4H3,(H,22,24)(H,23,25). The monoisotopic (exact) mass is 392 g/mol. The summed E-state index contributed by atoms with van der Waals surface area (Å²) in [5.74, 6) is 0.461. The molecular formula is C21H32N2O5. The Bertz CT molecular complexity index is 656. The fraction of sp³-hybridized carbons (Fsp3) is 0.619. The fourth-order valence-corrected chi connectivity index (χ4v) is 3.12. The maximum atomic E-state index is 12.5. The molecule has 0 spiro atoms. The van der Waals surface area contributed by atoms with Crippen LogP contribution in [0.5, 0.6) is 11.5 Å². The summed E-state index contributed by atoms with van der Waals surface area (Å²) >= 11 is 0. The van der Waals surface area contributed by atoms with Crippen LogP contribution in [0.15, 0.2) is 18.2 Å². The number of methoxy groups -OCH3 is 1. The molecule has 0 radical (unpaired) electrons. The largest absolute Gasteiger partial charge is 0.493 e. The van der Waals surface area contributed by atoms with Crippen LogP contribution in [0.4, 0.5) is 0 Å². The minimum absolute atomic E-state index is 0.0475. The zero-order valence-electron chi connectivity index (χ0n) is 17.2. The third-order valence-corrected chi connectivity index (χ3v) is 4.56. The van der Waals surface area contributed by atoms with Gasteiger partial charge in [0.25, 0.3) is 11.8 Å². The Balaban J connectivity index is 1.88. The number of ether oxygens (including phenoxy) is 3. The molecule has 1 saturated heterocycles. The molecule has 7 nitrogen and oxygen atoms in total. The van der Waals surface area contributed by atoms with E-state index in [9.17, 15) is 9.59 Å². The first kappa shape index (κ1) is 22.0. The van der Waals surface area contributed by atoms with Crippen molar-refractivity contribution in [3.05, 3.63) is 23.8 Å². The highest BCUT2D eigenvalue weighted by Gasteiger charge is 2.18. The van der Waals surface area contributed by atoms with Crippen LogP contribution in [-0.4, -0.2) is 50.3 Å². The molecule has 1 heterocycles. The molecule has 0 aliphatic carbocycles. The van der Waals surface area contributed by atoms with Gasteiger partial charge in [0.2, 0.25) is 0 Å². The van der Waals surface area contributed by atoms with Crippen LogP contribution >= 0.6 is 0 Å². The van der Waals surface area contributed by atoms with E-state index < -0.39 is 0 Å². The van der Waals surface area contributed by atoms with E-state index in [2.05, 4.69) is 10.6 Å². The molecule has 2 atom stereocenters. The van der Waals surface area contributed by atoms with Crippen molar-refractivity contribution in [1.29, 1.82) is 0 Å². The Hall–Kier alpha value is -2.28. The van der Waals surface area contributed by atoms with E-state index in [0.717, 1.165) is 32.3 Å². The molecule has 1 fully saturated rings. The average molecular weight is 392 g/mol. The summed E-state index contributed by atoms with van der Waals surface area (Å²) in [4.78, 5) is 24.2. The van der Waals surface area contributed by atoms with Crippen molar-refractivity contribution in [3.8, 4) is 11.5 Å². The molecule has 2 N–H and O–H groups in total. The lowest BCUT2D eigenvalue weighted by Gasteiger charge is -2.17. The van der Waals surface area contributed by atoms with Gasteiger partial charge < -0.3 is 24.8 Å². The van der Waals surface area contributed by atoms with Gasteiger partial charge in [-0.2, -0.15) is 0 Å². The highest BCUT2D eigenvalue weighted by atomic mass is 16.5. The number of nitrogens with one attached hydrogen (secondary N) is 2. The molecule has 2 amide bonds. The first-order valence-corrected chi connectivity index (χ1v) is 9.91. The van der Waals surface area contributed by atoms with Crippen molar-refractivity contribution >= 4 is 11.8 Å². The van der Waals surface area contributed by atoms with Crippen LogP contribution < -0.4 is 20.1 Å². The van der Waals surface area contributed by atoms with Crippen LogP contribution in [0.3, 0.4) is 0 Å². The molecule has 1 aromatic rings. The molecule has 2 unspecified atom stereocenters. The lowest BCUT2D eigenvalue weighted by Crippen LogP contribution is -2.34. The zero-order chi connectivity index (χ0) is 20.5. The Kier molecular flexibility index (Phi) is 8.57. The van der Waals surface area contributed by atoms with E-state index in [0.29, 0.717) is 23.2 Å². The average Bonchev–Trinajstić information content (AvgIpc) is 3.17. The number of amides is 2. The summed E-state index contributed by atoms with van der Waals surface area (Å²) in [5, 5.41) is 5.76. The Morgan fingerprint density at radius 1 is 1.21 bits per heavy atom. The van der Waals surface area contributed by atoms with Crippen molar-refractivity contribution < 1.29 is 23.8 Å². The third-order valence-electron chi connectivity index (χ3n) is 4.56. The number of carbonyl (C=O) groups is 2. The normalized spacial score (nSPS) is 17.2. The van der Waals surface area contributed by atoms with Gasteiger partial charge in [-0.05, 0) is 64.7 Å². The van der Waals surface area contributed by atoms with Crippen molar-refractivity contribution in [2.45, 2.75) is 64.6 Å². The van der Waals surface area contributed by atoms with Gasteiger partial charge in [-0.25, -0.2) is 0 Å². The number of rotatable bonds is 10. The van der Waals surface area contributed by atoms with Crippen LogP contribution in [0.25, 0.3) is 0 Å². The number of hydrogen-bond donors (Lipinski definition) is 2. The van der Waals surface area contributed by atoms with Crippen molar-refractivity contribution in [1.82, 2.24) is 10.6 Å². The topological polar surface area (TPSA) is 85.9 Å². The summed E-state index contributed by atoms with van der Waals surface area (Å²) in [6.45, 7) is 6.50. The molecule has 156 valence electrons. The summed E-state index contributed by atoms with van der Waals surface area (Å²) in [6.07, 6.45) is 4.38. The van der Waals surface area contributed by atoms with Gasteiger partial charge in [-0.15, -0.1) is 0 Å². The van der Waals surface area contributed by atoms with Gasteiger partial charge in [-0.3, -0.25) is 9.59 Å². The molecule has 1 aliphatic rings. The molecule has 1 aromatic carbocycles. The van der Waals surface area contributed by atoms with Crippen LogP contribution in [0, 0.1) is 0 Å². The zero-order valence-corrected chi connectivity index (χ0v) is 17.2. The predicted molar refractivity (Wildman–Crippen MR) is 107 cm³/mol. The maximum Gasteiger partial charge on any atom is 0.258 e. The summed E-state index contributed by atoms with van der Waals surface area (Å²) in [5.41, 5.74) is 0.486. The second kappa shape index (κ2) is 10.9. The summed E-state index contributed by atoms with van der Waals surface area (Å²) in [6, 6.07) is 5.04. The Labute approximate surface area is 167 Å². The second-order valence-corrected chi connectivity index (χ2v) is 7.46. The van der Waals surface area contributed by atoms with E-state index in [1.807, 2.05) is 20.8 Å². The minimum atomic E-state index is -0.209.